The topological polar surface area (TPSA) is 69.1 Å². The summed E-state index contributed by atoms with van der Waals surface area (Å²) in [6.07, 6.45) is 0. The predicted molar refractivity (Wildman–Crippen MR) is 91.1 cm³/mol. The number of fused-ring (bicyclic) bond motifs is 1. The molecule has 112 valence electrons. The molecule has 2 N–H and O–H groups in total. The zero-order chi connectivity index (χ0) is 15.8. The van der Waals surface area contributed by atoms with Crippen molar-refractivity contribution in [1.82, 2.24) is 19.6 Å². The highest BCUT2D eigenvalue weighted by Gasteiger charge is 2.12. The van der Waals surface area contributed by atoms with E-state index in [4.69, 9.17) is 17.3 Å². The van der Waals surface area contributed by atoms with Crippen LogP contribution in [0.25, 0.3) is 28.3 Å². The van der Waals surface area contributed by atoms with Crippen molar-refractivity contribution in [3.63, 3.8) is 0 Å². The molecule has 0 amide bonds. The Morgan fingerprint density at radius 1 is 0.870 bits per heavy atom. The minimum absolute atomic E-state index is 0.193. The molecule has 0 radical (unpaired) electrons. The Morgan fingerprint density at radius 2 is 1.61 bits per heavy atom. The van der Waals surface area contributed by atoms with Crippen LogP contribution in [0.4, 0.5) is 5.95 Å². The molecule has 0 aliphatic rings. The fraction of sp³-hybridized carbons (Fsp3) is 0. The summed E-state index contributed by atoms with van der Waals surface area (Å²) in [5.41, 5.74) is 9.39. The van der Waals surface area contributed by atoms with Gasteiger partial charge in [-0.2, -0.15) is 9.50 Å². The van der Waals surface area contributed by atoms with Crippen LogP contribution in [0.5, 0.6) is 0 Å². The van der Waals surface area contributed by atoms with E-state index in [9.17, 15) is 0 Å². The van der Waals surface area contributed by atoms with Gasteiger partial charge in [-0.1, -0.05) is 54.1 Å². The Morgan fingerprint density at radius 3 is 2.35 bits per heavy atom. The molecule has 2 heterocycles. The first kappa shape index (κ1) is 13.7. The summed E-state index contributed by atoms with van der Waals surface area (Å²) in [5, 5.41) is 4.92. The number of nitrogens with zero attached hydrogens (tertiary/aromatic N) is 4. The summed E-state index contributed by atoms with van der Waals surface area (Å²) >= 11 is 5.98. The van der Waals surface area contributed by atoms with E-state index in [1.807, 2.05) is 60.7 Å². The van der Waals surface area contributed by atoms with E-state index in [1.165, 1.54) is 0 Å². The van der Waals surface area contributed by atoms with E-state index in [-0.39, 0.29) is 5.95 Å². The van der Waals surface area contributed by atoms with Gasteiger partial charge in [0.1, 0.15) is 0 Å². The van der Waals surface area contributed by atoms with Crippen molar-refractivity contribution < 1.29 is 0 Å². The highest BCUT2D eigenvalue weighted by Crippen LogP contribution is 2.26. The maximum Gasteiger partial charge on any atom is 0.255 e. The number of anilines is 1. The molecule has 6 heteroatoms. The fourth-order valence-electron chi connectivity index (χ4n) is 2.47. The number of rotatable bonds is 2. The van der Waals surface area contributed by atoms with Crippen molar-refractivity contribution in [2.75, 3.05) is 5.73 Å². The van der Waals surface area contributed by atoms with Crippen LogP contribution in [0.2, 0.25) is 5.02 Å². The summed E-state index contributed by atoms with van der Waals surface area (Å²) in [6, 6.07) is 19.4. The number of halogens is 1. The standard InChI is InChI=1S/C17H12ClN5/c18-13-8-6-12(7-9-13)15-10-14(11-4-2-1-3-5-11)20-17-21-16(19)22-23(15)17/h1-10H,(H2,19,22). The molecule has 5 nitrogen and oxygen atoms in total. The smallest absolute Gasteiger partial charge is 0.255 e. The van der Waals surface area contributed by atoms with Gasteiger partial charge in [0.2, 0.25) is 5.95 Å². The summed E-state index contributed by atoms with van der Waals surface area (Å²) in [6.45, 7) is 0. The van der Waals surface area contributed by atoms with Gasteiger partial charge in [-0.05, 0) is 18.2 Å². The van der Waals surface area contributed by atoms with Crippen LogP contribution in [0.15, 0.2) is 60.7 Å². The molecule has 0 unspecified atom stereocenters. The summed E-state index contributed by atoms with van der Waals surface area (Å²) in [7, 11) is 0. The van der Waals surface area contributed by atoms with Gasteiger partial charge >= 0.3 is 0 Å². The zero-order valence-electron chi connectivity index (χ0n) is 12.0. The van der Waals surface area contributed by atoms with Gasteiger partial charge in [-0.3, -0.25) is 0 Å². The molecule has 0 saturated heterocycles. The second kappa shape index (κ2) is 5.37. The quantitative estimate of drug-likeness (QED) is 0.611. The average Bonchev–Trinajstić information content (AvgIpc) is 2.96. The van der Waals surface area contributed by atoms with Crippen LogP contribution < -0.4 is 5.73 Å². The third-order valence-corrected chi connectivity index (χ3v) is 3.79. The van der Waals surface area contributed by atoms with Crippen LogP contribution in [0, 0.1) is 0 Å². The first-order valence-electron chi connectivity index (χ1n) is 7.05. The number of nitrogens with two attached hydrogens (primary N) is 1. The largest absolute Gasteiger partial charge is 0.366 e. The molecule has 2 aromatic carbocycles. The highest BCUT2D eigenvalue weighted by atomic mass is 35.5. The number of hydrogen-bond acceptors (Lipinski definition) is 4. The number of hydrogen-bond donors (Lipinski definition) is 1. The Balaban J connectivity index is 1.99. The van der Waals surface area contributed by atoms with Gasteiger partial charge in [0.05, 0.1) is 11.4 Å². The lowest BCUT2D eigenvalue weighted by Gasteiger charge is -2.07. The van der Waals surface area contributed by atoms with Gasteiger partial charge in [0.25, 0.3) is 5.78 Å². The van der Waals surface area contributed by atoms with Crippen molar-refractivity contribution in [2.24, 2.45) is 0 Å². The normalized spacial score (nSPS) is 11.0. The maximum absolute atomic E-state index is 5.98. The number of benzene rings is 2. The summed E-state index contributed by atoms with van der Waals surface area (Å²) in [4.78, 5) is 8.75. The van der Waals surface area contributed by atoms with Crippen LogP contribution in [0.3, 0.4) is 0 Å². The first-order valence-corrected chi connectivity index (χ1v) is 7.43. The van der Waals surface area contributed by atoms with E-state index in [2.05, 4.69) is 15.1 Å². The van der Waals surface area contributed by atoms with Crippen LogP contribution in [0.1, 0.15) is 0 Å². The molecule has 0 atom stereocenters. The Labute approximate surface area is 137 Å². The second-order valence-electron chi connectivity index (χ2n) is 5.08. The van der Waals surface area contributed by atoms with Gasteiger partial charge in [0, 0.05) is 16.1 Å². The molecular formula is C17H12ClN5. The van der Waals surface area contributed by atoms with Gasteiger partial charge in [-0.25, -0.2) is 4.98 Å². The molecule has 0 aliphatic heterocycles. The Bertz CT molecular complexity index is 977. The highest BCUT2D eigenvalue weighted by molar-refractivity contribution is 6.30. The van der Waals surface area contributed by atoms with Gasteiger partial charge in [0.15, 0.2) is 0 Å². The zero-order valence-corrected chi connectivity index (χ0v) is 12.8. The van der Waals surface area contributed by atoms with Crippen molar-refractivity contribution in [3.05, 3.63) is 65.7 Å². The Hall–Kier alpha value is -2.92. The van der Waals surface area contributed by atoms with Crippen molar-refractivity contribution in [1.29, 1.82) is 0 Å². The number of nitrogen functional groups attached to an aromatic ring is 1. The third kappa shape index (κ3) is 2.51. The number of aromatic nitrogens is 4. The lowest BCUT2D eigenvalue weighted by atomic mass is 10.1. The molecule has 0 saturated carbocycles. The molecule has 0 fully saturated rings. The lowest BCUT2D eigenvalue weighted by molar-refractivity contribution is 0.954. The average molecular weight is 322 g/mol. The summed E-state index contributed by atoms with van der Waals surface area (Å²) < 4.78 is 1.64. The molecule has 0 spiro atoms. The van der Waals surface area contributed by atoms with Crippen LogP contribution in [-0.2, 0) is 0 Å². The fourth-order valence-corrected chi connectivity index (χ4v) is 2.59. The molecule has 0 bridgehead atoms. The molecule has 23 heavy (non-hydrogen) atoms. The van der Waals surface area contributed by atoms with Crippen molar-refractivity contribution in [3.8, 4) is 22.5 Å². The SMILES string of the molecule is Nc1nc2nc(-c3ccccc3)cc(-c3ccc(Cl)cc3)n2n1. The van der Waals surface area contributed by atoms with E-state index in [1.54, 1.807) is 4.52 Å². The summed E-state index contributed by atoms with van der Waals surface area (Å²) in [5.74, 6) is 0.659. The van der Waals surface area contributed by atoms with Crippen molar-refractivity contribution >= 4 is 23.3 Å². The lowest BCUT2D eigenvalue weighted by Crippen LogP contribution is -1.99. The monoisotopic (exact) mass is 321 g/mol. The molecule has 2 aromatic heterocycles. The second-order valence-corrected chi connectivity index (χ2v) is 5.52. The van der Waals surface area contributed by atoms with Crippen LogP contribution >= 0.6 is 11.6 Å². The molecule has 4 rings (SSSR count). The predicted octanol–water partition coefficient (Wildman–Crippen LogP) is 3.69. The van der Waals surface area contributed by atoms with E-state index >= 15 is 0 Å². The Kier molecular flexibility index (Phi) is 3.20. The van der Waals surface area contributed by atoms with E-state index in [0.717, 1.165) is 22.5 Å². The van der Waals surface area contributed by atoms with E-state index < -0.39 is 0 Å². The van der Waals surface area contributed by atoms with Crippen molar-refractivity contribution in [2.45, 2.75) is 0 Å². The van der Waals surface area contributed by atoms with Gasteiger partial charge in [-0.15, -0.1) is 5.10 Å². The minimum atomic E-state index is 0.193. The molecule has 0 aliphatic carbocycles. The third-order valence-electron chi connectivity index (χ3n) is 3.54. The maximum atomic E-state index is 5.98. The minimum Gasteiger partial charge on any atom is -0.366 e. The first-order chi connectivity index (χ1) is 11.2. The molecule has 4 aromatic rings. The molecular weight excluding hydrogens is 310 g/mol. The van der Waals surface area contributed by atoms with Crippen LogP contribution in [-0.4, -0.2) is 19.6 Å². The van der Waals surface area contributed by atoms with Gasteiger partial charge < -0.3 is 5.73 Å². The van der Waals surface area contributed by atoms with E-state index in [0.29, 0.717) is 10.8 Å².